The number of nitrogens with one attached hydrogen (secondary N) is 1. The highest BCUT2D eigenvalue weighted by Gasteiger charge is 2.32. The number of rotatable bonds is 3. The van der Waals surface area contributed by atoms with E-state index in [1.165, 1.54) is 0 Å². The van der Waals surface area contributed by atoms with Crippen LogP contribution in [0, 0.1) is 5.92 Å². The summed E-state index contributed by atoms with van der Waals surface area (Å²) in [5.41, 5.74) is 2.12. The summed E-state index contributed by atoms with van der Waals surface area (Å²) in [6, 6.07) is 19.3. The summed E-state index contributed by atoms with van der Waals surface area (Å²) >= 11 is 0. The molecular formula is C21H17N3O. The van der Waals surface area contributed by atoms with Crippen molar-refractivity contribution in [1.82, 2.24) is 0 Å². The fourth-order valence-electron chi connectivity index (χ4n) is 2.82. The Morgan fingerprint density at radius 2 is 1.56 bits per heavy atom. The molecule has 0 spiro atoms. The van der Waals surface area contributed by atoms with Crippen molar-refractivity contribution in [3.05, 3.63) is 96.7 Å². The lowest BCUT2D eigenvalue weighted by molar-refractivity contribution is -0.113. The van der Waals surface area contributed by atoms with Crippen molar-refractivity contribution in [2.75, 3.05) is 10.2 Å². The maximum Gasteiger partial charge on any atom is 0.283 e. The first-order valence-corrected chi connectivity index (χ1v) is 8.18. The lowest BCUT2D eigenvalue weighted by atomic mass is 10.1. The monoisotopic (exact) mass is 327 g/mol. The number of carbonyl (C=O) groups is 1. The molecule has 1 N–H and O–H groups in total. The molecule has 0 aromatic heterocycles. The summed E-state index contributed by atoms with van der Waals surface area (Å²) in [6.45, 7) is 0. The first kappa shape index (κ1) is 15.1. The Bertz CT molecular complexity index is 883. The number of guanidine groups is 1. The fourth-order valence-corrected chi connectivity index (χ4v) is 2.82. The summed E-state index contributed by atoms with van der Waals surface area (Å²) in [6.07, 6.45) is 9.90. The Morgan fingerprint density at radius 3 is 2.24 bits per heavy atom. The van der Waals surface area contributed by atoms with Gasteiger partial charge in [0.05, 0.1) is 5.69 Å². The van der Waals surface area contributed by atoms with Crippen LogP contribution in [0.5, 0.6) is 0 Å². The molecule has 0 radical (unpaired) electrons. The number of benzene rings is 2. The van der Waals surface area contributed by atoms with E-state index >= 15 is 0 Å². The average Bonchev–Trinajstić information content (AvgIpc) is 3.26. The molecule has 0 fully saturated rings. The van der Waals surface area contributed by atoms with Gasteiger partial charge in [0.25, 0.3) is 5.91 Å². The van der Waals surface area contributed by atoms with Crippen LogP contribution in [-0.4, -0.2) is 11.9 Å². The summed E-state index contributed by atoms with van der Waals surface area (Å²) < 4.78 is 0. The first-order chi connectivity index (χ1) is 12.3. The zero-order valence-electron chi connectivity index (χ0n) is 13.5. The number of nitrogens with zero attached hydrogens (tertiary/aromatic N) is 2. The molecular weight excluding hydrogens is 310 g/mol. The number of carbonyl (C=O) groups excluding carboxylic acids is 1. The minimum Gasteiger partial charge on any atom is -0.325 e. The normalized spacial score (nSPS) is 18.2. The van der Waals surface area contributed by atoms with Gasteiger partial charge in [0.1, 0.15) is 5.70 Å². The lowest BCUT2D eigenvalue weighted by Crippen LogP contribution is -2.36. The van der Waals surface area contributed by atoms with Crippen LogP contribution in [0.4, 0.5) is 11.4 Å². The maximum atomic E-state index is 12.9. The fraction of sp³-hybridized carbons (Fsp3) is 0.0476. The van der Waals surface area contributed by atoms with E-state index in [0.717, 1.165) is 11.4 Å². The van der Waals surface area contributed by atoms with Crippen LogP contribution in [0.3, 0.4) is 0 Å². The zero-order chi connectivity index (χ0) is 17.1. The average molecular weight is 327 g/mol. The van der Waals surface area contributed by atoms with Crippen molar-refractivity contribution < 1.29 is 4.79 Å². The van der Waals surface area contributed by atoms with Gasteiger partial charge in [0, 0.05) is 11.6 Å². The number of anilines is 2. The minimum absolute atomic E-state index is 0.108. The molecule has 1 aliphatic carbocycles. The summed E-state index contributed by atoms with van der Waals surface area (Å²) in [5.74, 6) is 0.495. The number of aliphatic imine (C=N–C) groups is 1. The van der Waals surface area contributed by atoms with E-state index in [4.69, 9.17) is 0 Å². The molecule has 25 heavy (non-hydrogen) atoms. The Hall–Kier alpha value is -3.40. The Balaban J connectivity index is 1.71. The molecule has 2 aromatic rings. The third kappa shape index (κ3) is 3.15. The van der Waals surface area contributed by atoms with E-state index < -0.39 is 0 Å². The highest BCUT2D eigenvalue weighted by atomic mass is 16.2. The molecule has 0 atom stereocenters. The van der Waals surface area contributed by atoms with Crippen molar-refractivity contribution in [2.24, 2.45) is 10.9 Å². The van der Waals surface area contributed by atoms with Crippen molar-refractivity contribution in [2.45, 2.75) is 0 Å². The molecule has 0 bridgehead atoms. The van der Waals surface area contributed by atoms with Crippen molar-refractivity contribution in [1.29, 1.82) is 0 Å². The summed E-state index contributed by atoms with van der Waals surface area (Å²) in [5, 5.41) is 3.25. The lowest BCUT2D eigenvalue weighted by Gasteiger charge is -2.19. The second-order valence-corrected chi connectivity index (χ2v) is 5.80. The standard InChI is InChI=1S/C21H17N3O/c25-20-19(15-16-9-7-8-10-16)23-21(22-17-11-3-1-4-12-17)24(20)18-13-5-2-6-14-18/h1-16H,(H,22,23)/b19-15+. The summed E-state index contributed by atoms with van der Waals surface area (Å²) in [7, 11) is 0. The molecule has 0 saturated heterocycles. The number of hydrogen-bond acceptors (Lipinski definition) is 3. The third-order valence-corrected chi connectivity index (χ3v) is 4.03. The van der Waals surface area contributed by atoms with E-state index in [-0.39, 0.29) is 11.8 Å². The van der Waals surface area contributed by atoms with Crippen molar-refractivity contribution in [3.8, 4) is 0 Å². The van der Waals surface area contributed by atoms with Crippen LogP contribution >= 0.6 is 0 Å². The summed E-state index contributed by atoms with van der Waals surface area (Å²) in [4.78, 5) is 19.1. The molecule has 1 heterocycles. The van der Waals surface area contributed by atoms with E-state index in [9.17, 15) is 4.79 Å². The Labute approximate surface area is 146 Å². The van der Waals surface area contributed by atoms with Gasteiger partial charge in [-0.05, 0) is 30.3 Å². The molecule has 2 aromatic carbocycles. The molecule has 1 aliphatic heterocycles. The van der Waals surface area contributed by atoms with Crippen LogP contribution in [0.1, 0.15) is 0 Å². The van der Waals surface area contributed by atoms with Gasteiger partial charge in [0.15, 0.2) is 0 Å². The highest BCUT2D eigenvalue weighted by molar-refractivity contribution is 6.30. The van der Waals surface area contributed by atoms with Crippen LogP contribution in [0.25, 0.3) is 0 Å². The molecule has 0 unspecified atom stereocenters. The van der Waals surface area contributed by atoms with Gasteiger partial charge in [0.2, 0.25) is 5.96 Å². The molecule has 4 heteroatoms. The quantitative estimate of drug-likeness (QED) is 0.862. The van der Waals surface area contributed by atoms with Gasteiger partial charge < -0.3 is 5.32 Å². The van der Waals surface area contributed by atoms with Crippen LogP contribution in [0.15, 0.2) is 102 Å². The predicted molar refractivity (Wildman–Crippen MR) is 101 cm³/mol. The molecule has 0 saturated carbocycles. The number of amides is 1. The van der Waals surface area contributed by atoms with Gasteiger partial charge in [-0.3, -0.25) is 4.79 Å². The second kappa shape index (κ2) is 6.61. The van der Waals surface area contributed by atoms with Gasteiger partial charge in [-0.2, -0.15) is 0 Å². The van der Waals surface area contributed by atoms with E-state index in [1.807, 2.05) is 91.0 Å². The molecule has 4 nitrogen and oxygen atoms in total. The number of hydrogen-bond donors (Lipinski definition) is 1. The minimum atomic E-state index is -0.127. The molecule has 2 aliphatic rings. The SMILES string of the molecule is O=C1/C(=C\C2C=CC=C2)N=C(Nc2ccccc2)N1c1ccccc1. The third-order valence-electron chi connectivity index (χ3n) is 4.03. The Morgan fingerprint density at radius 1 is 0.920 bits per heavy atom. The predicted octanol–water partition coefficient (Wildman–Crippen LogP) is 4.13. The molecule has 1 amide bonds. The highest BCUT2D eigenvalue weighted by Crippen LogP contribution is 2.26. The van der Waals surface area contributed by atoms with E-state index in [0.29, 0.717) is 11.7 Å². The number of allylic oxidation sites excluding steroid dienone is 5. The molecule has 4 rings (SSSR count). The van der Waals surface area contributed by atoms with Crippen LogP contribution in [0.2, 0.25) is 0 Å². The first-order valence-electron chi connectivity index (χ1n) is 8.18. The smallest absolute Gasteiger partial charge is 0.283 e. The van der Waals surface area contributed by atoms with Gasteiger partial charge in [-0.25, -0.2) is 9.89 Å². The molecule has 122 valence electrons. The van der Waals surface area contributed by atoms with Crippen LogP contribution < -0.4 is 10.2 Å². The van der Waals surface area contributed by atoms with E-state index in [1.54, 1.807) is 4.90 Å². The maximum absolute atomic E-state index is 12.9. The van der Waals surface area contributed by atoms with Gasteiger partial charge in [-0.15, -0.1) is 0 Å². The van der Waals surface area contributed by atoms with E-state index in [2.05, 4.69) is 10.3 Å². The number of para-hydroxylation sites is 2. The van der Waals surface area contributed by atoms with Gasteiger partial charge >= 0.3 is 0 Å². The van der Waals surface area contributed by atoms with Gasteiger partial charge in [-0.1, -0.05) is 60.7 Å². The second-order valence-electron chi connectivity index (χ2n) is 5.80. The largest absolute Gasteiger partial charge is 0.325 e. The Kier molecular flexibility index (Phi) is 4.01. The van der Waals surface area contributed by atoms with Crippen molar-refractivity contribution >= 4 is 23.2 Å². The topological polar surface area (TPSA) is 44.7 Å². The van der Waals surface area contributed by atoms with Crippen LogP contribution in [-0.2, 0) is 4.79 Å². The van der Waals surface area contributed by atoms with Crippen molar-refractivity contribution in [3.63, 3.8) is 0 Å². The zero-order valence-corrected chi connectivity index (χ0v) is 13.5.